The highest BCUT2D eigenvalue weighted by Crippen LogP contribution is 2.21. The molecule has 1 aromatic carbocycles. The third-order valence-corrected chi connectivity index (χ3v) is 5.16. The van der Waals surface area contributed by atoms with Gasteiger partial charge in [-0.05, 0) is 36.4 Å². The van der Waals surface area contributed by atoms with Crippen LogP contribution in [0.5, 0.6) is 0 Å². The SMILES string of the molecule is Cc1c(NC(=O)[C@H](C)Sc2nnnn2C)c(=O)n(-c2ccccc2)n1C. The molecule has 0 bridgehead atoms. The predicted molar refractivity (Wildman–Crippen MR) is 98.5 cm³/mol. The standard InChI is InChI=1S/C16H19N7O2S/c1-10-13(15(25)23(22(10)4)12-8-6-5-7-9-12)17-14(24)11(2)26-16-18-19-20-21(16)3/h5-9,11H,1-4H3,(H,17,24)/t11-/m0/s1. The first-order valence-corrected chi connectivity index (χ1v) is 8.82. The first kappa shape index (κ1) is 17.9. The van der Waals surface area contributed by atoms with Crippen molar-refractivity contribution in [3.63, 3.8) is 0 Å². The van der Waals surface area contributed by atoms with Gasteiger partial charge in [0.05, 0.1) is 16.6 Å². The number of rotatable bonds is 5. The Morgan fingerprint density at radius 3 is 2.54 bits per heavy atom. The van der Waals surface area contributed by atoms with E-state index in [1.54, 1.807) is 32.6 Å². The lowest BCUT2D eigenvalue weighted by Crippen LogP contribution is -2.27. The van der Waals surface area contributed by atoms with E-state index in [-0.39, 0.29) is 17.2 Å². The van der Waals surface area contributed by atoms with E-state index in [1.807, 2.05) is 30.3 Å². The molecule has 1 amide bonds. The molecule has 3 aromatic rings. The molecule has 0 spiro atoms. The third kappa shape index (κ3) is 3.27. The lowest BCUT2D eigenvalue weighted by molar-refractivity contribution is -0.115. The number of carbonyl (C=O) groups is 1. The highest BCUT2D eigenvalue weighted by molar-refractivity contribution is 8.00. The number of tetrazole rings is 1. The maximum atomic E-state index is 12.8. The molecule has 0 unspecified atom stereocenters. The van der Waals surface area contributed by atoms with Crippen molar-refractivity contribution in [1.82, 2.24) is 29.6 Å². The highest BCUT2D eigenvalue weighted by atomic mass is 32.2. The second kappa shape index (κ2) is 7.16. The van der Waals surface area contributed by atoms with Crippen LogP contribution >= 0.6 is 11.8 Å². The maximum absolute atomic E-state index is 12.8. The van der Waals surface area contributed by atoms with Crippen molar-refractivity contribution in [2.75, 3.05) is 5.32 Å². The van der Waals surface area contributed by atoms with Gasteiger partial charge in [-0.3, -0.25) is 14.3 Å². The van der Waals surface area contributed by atoms with Crippen molar-refractivity contribution in [3.8, 4) is 5.69 Å². The first-order chi connectivity index (χ1) is 12.4. The number of anilines is 1. The Kier molecular flexibility index (Phi) is 4.94. The Labute approximate surface area is 154 Å². The van der Waals surface area contributed by atoms with Crippen LogP contribution in [0.2, 0.25) is 0 Å². The van der Waals surface area contributed by atoms with Gasteiger partial charge in [0, 0.05) is 14.1 Å². The second-order valence-corrected chi connectivity index (χ2v) is 7.08. The topological polar surface area (TPSA) is 99.6 Å². The van der Waals surface area contributed by atoms with Gasteiger partial charge in [-0.15, -0.1) is 5.10 Å². The molecule has 0 aliphatic rings. The van der Waals surface area contributed by atoms with E-state index >= 15 is 0 Å². The van der Waals surface area contributed by atoms with E-state index in [9.17, 15) is 9.59 Å². The molecule has 1 atom stereocenters. The van der Waals surface area contributed by atoms with E-state index in [1.165, 1.54) is 21.1 Å². The fourth-order valence-electron chi connectivity index (χ4n) is 2.47. The molecule has 0 fully saturated rings. The van der Waals surface area contributed by atoms with E-state index in [2.05, 4.69) is 20.8 Å². The summed E-state index contributed by atoms with van der Waals surface area (Å²) in [5.41, 5.74) is 1.40. The summed E-state index contributed by atoms with van der Waals surface area (Å²) in [4.78, 5) is 25.4. The molecular weight excluding hydrogens is 354 g/mol. The van der Waals surface area contributed by atoms with Gasteiger partial charge in [-0.2, -0.15) is 0 Å². The molecule has 0 saturated carbocycles. The zero-order chi connectivity index (χ0) is 18.8. The number of nitrogens with one attached hydrogen (secondary N) is 1. The second-order valence-electron chi connectivity index (χ2n) is 5.77. The smallest absolute Gasteiger partial charge is 0.295 e. The number of hydrogen-bond donors (Lipinski definition) is 1. The molecule has 0 aliphatic carbocycles. The Hall–Kier alpha value is -2.88. The minimum absolute atomic E-state index is 0.268. The zero-order valence-electron chi connectivity index (χ0n) is 14.9. The quantitative estimate of drug-likeness (QED) is 0.673. The van der Waals surface area contributed by atoms with Gasteiger partial charge in [0.1, 0.15) is 5.69 Å². The van der Waals surface area contributed by atoms with Crippen LogP contribution in [0, 0.1) is 6.92 Å². The number of amides is 1. The molecule has 3 rings (SSSR count). The third-order valence-electron chi connectivity index (χ3n) is 4.04. The maximum Gasteiger partial charge on any atom is 0.295 e. The van der Waals surface area contributed by atoms with Crippen LogP contribution in [0.15, 0.2) is 40.3 Å². The summed E-state index contributed by atoms with van der Waals surface area (Å²) in [6.07, 6.45) is 0. The summed E-state index contributed by atoms with van der Waals surface area (Å²) in [5.74, 6) is -0.288. The summed E-state index contributed by atoms with van der Waals surface area (Å²) >= 11 is 1.22. The molecule has 0 aliphatic heterocycles. The van der Waals surface area contributed by atoms with Gasteiger partial charge >= 0.3 is 0 Å². The Morgan fingerprint density at radius 2 is 1.92 bits per heavy atom. The monoisotopic (exact) mass is 373 g/mol. The van der Waals surface area contributed by atoms with Crippen LogP contribution in [0.25, 0.3) is 5.69 Å². The number of hydrogen-bond acceptors (Lipinski definition) is 6. The summed E-state index contributed by atoms with van der Waals surface area (Å²) < 4.78 is 4.73. The summed E-state index contributed by atoms with van der Waals surface area (Å²) in [5, 5.41) is 13.9. The van der Waals surface area contributed by atoms with Gasteiger partial charge in [0.25, 0.3) is 5.56 Å². The summed E-state index contributed by atoms with van der Waals surface area (Å²) in [7, 11) is 3.48. The van der Waals surface area contributed by atoms with Crippen LogP contribution < -0.4 is 10.9 Å². The van der Waals surface area contributed by atoms with Gasteiger partial charge in [-0.25, -0.2) is 9.36 Å². The fourth-order valence-corrected chi connectivity index (χ4v) is 3.22. The van der Waals surface area contributed by atoms with Gasteiger partial charge < -0.3 is 5.32 Å². The Bertz CT molecular complexity index is 990. The number of benzene rings is 1. The number of aryl methyl sites for hydroxylation is 1. The molecular formula is C16H19N7O2S. The Balaban J connectivity index is 1.85. The first-order valence-electron chi connectivity index (χ1n) is 7.94. The van der Waals surface area contributed by atoms with Gasteiger partial charge in [0.2, 0.25) is 11.1 Å². The molecule has 10 heteroatoms. The van der Waals surface area contributed by atoms with Gasteiger partial charge in [0.15, 0.2) is 0 Å². The van der Waals surface area contributed by atoms with E-state index < -0.39 is 5.25 Å². The van der Waals surface area contributed by atoms with Crippen LogP contribution in [0.1, 0.15) is 12.6 Å². The predicted octanol–water partition coefficient (Wildman–Crippen LogP) is 1.13. The molecule has 2 aromatic heterocycles. The van der Waals surface area contributed by atoms with Crippen LogP contribution in [-0.2, 0) is 18.9 Å². The molecule has 1 N–H and O–H groups in total. The normalized spacial score (nSPS) is 12.2. The van der Waals surface area contributed by atoms with Crippen LogP contribution in [-0.4, -0.2) is 40.7 Å². The number of nitrogens with zero attached hydrogens (tertiary/aromatic N) is 6. The average Bonchev–Trinajstić information content (AvgIpc) is 3.12. The lowest BCUT2D eigenvalue weighted by Gasteiger charge is -2.10. The van der Waals surface area contributed by atoms with E-state index in [0.29, 0.717) is 10.9 Å². The number of para-hydroxylation sites is 1. The van der Waals surface area contributed by atoms with Crippen LogP contribution in [0.4, 0.5) is 5.69 Å². The number of thioether (sulfide) groups is 1. The van der Waals surface area contributed by atoms with Crippen LogP contribution in [0.3, 0.4) is 0 Å². The molecule has 2 heterocycles. The van der Waals surface area contributed by atoms with E-state index in [0.717, 1.165) is 5.69 Å². The minimum Gasteiger partial charge on any atom is -0.319 e. The van der Waals surface area contributed by atoms with Crippen molar-refractivity contribution in [2.45, 2.75) is 24.3 Å². The number of carbonyl (C=O) groups excluding carboxylic acids is 1. The molecule has 0 radical (unpaired) electrons. The lowest BCUT2D eigenvalue weighted by atomic mass is 10.3. The molecule has 9 nitrogen and oxygen atoms in total. The molecule has 26 heavy (non-hydrogen) atoms. The van der Waals surface area contributed by atoms with Crippen molar-refractivity contribution < 1.29 is 4.79 Å². The fraction of sp³-hybridized carbons (Fsp3) is 0.312. The molecule has 136 valence electrons. The largest absolute Gasteiger partial charge is 0.319 e. The van der Waals surface area contributed by atoms with Crippen molar-refractivity contribution in [1.29, 1.82) is 0 Å². The molecule has 0 saturated heterocycles. The number of aromatic nitrogens is 6. The minimum atomic E-state index is -0.469. The summed E-state index contributed by atoms with van der Waals surface area (Å²) in [6.45, 7) is 3.53. The van der Waals surface area contributed by atoms with E-state index in [4.69, 9.17) is 0 Å². The van der Waals surface area contributed by atoms with Gasteiger partial charge in [-0.1, -0.05) is 30.0 Å². The van der Waals surface area contributed by atoms with Crippen molar-refractivity contribution in [2.24, 2.45) is 14.1 Å². The average molecular weight is 373 g/mol. The highest BCUT2D eigenvalue weighted by Gasteiger charge is 2.22. The Morgan fingerprint density at radius 1 is 1.23 bits per heavy atom. The zero-order valence-corrected chi connectivity index (χ0v) is 15.7. The summed E-state index contributed by atoms with van der Waals surface area (Å²) in [6, 6.07) is 9.28. The van der Waals surface area contributed by atoms with Crippen molar-refractivity contribution in [3.05, 3.63) is 46.4 Å². The van der Waals surface area contributed by atoms with Crippen molar-refractivity contribution >= 4 is 23.4 Å².